The molecule has 0 saturated carbocycles. The summed E-state index contributed by atoms with van der Waals surface area (Å²) in [6, 6.07) is 7.48. The van der Waals surface area contributed by atoms with Gasteiger partial charge in [-0.25, -0.2) is 0 Å². The third-order valence-electron chi connectivity index (χ3n) is 3.32. The number of amides is 2. The van der Waals surface area contributed by atoms with Gasteiger partial charge in [0.1, 0.15) is 0 Å². The van der Waals surface area contributed by atoms with E-state index in [0.29, 0.717) is 18.9 Å². The van der Waals surface area contributed by atoms with E-state index in [-0.39, 0.29) is 11.8 Å². The minimum absolute atomic E-state index is 0.0873. The van der Waals surface area contributed by atoms with Crippen LogP contribution in [0.5, 0.6) is 0 Å². The van der Waals surface area contributed by atoms with E-state index in [4.69, 9.17) is 0 Å². The number of hydrogen-bond acceptors (Lipinski definition) is 2. The zero-order valence-corrected chi connectivity index (χ0v) is 11.7. The third-order valence-corrected chi connectivity index (χ3v) is 3.32. The van der Waals surface area contributed by atoms with Crippen LogP contribution in [0.1, 0.15) is 31.7 Å². The fraction of sp³-hybridized carbons (Fsp3) is 0.375. The molecule has 0 unspecified atom stereocenters. The summed E-state index contributed by atoms with van der Waals surface area (Å²) in [4.78, 5) is 22.7. The Bertz CT molecular complexity index is 506. The van der Waals surface area contributed by atoms with Crippen LogP contribution >= 0.6 is 0 Å². The van der Waals surface area contributed by atoms with Crippen molar-refractivity contribution in [2.45, 2.75) is 32.7 Å². The zero-order chi connectivity index (χ0) is 14.4. The number of carbonyl (C=O) groups is 2. The molecule has 4 heteroatoms. The molecule has 0 radical (unpaired) electrons. The van der Waals surface area contributed by atoms with Gasteiger partial charge in [-0.2, -0.15) is 0 Å². The van der Waals surface area contributed by atoms with E-state index in [0.717, 1.165) is 24.1 Å². The van der Waals surface area contributed by atoms with Crippen molar-refractivity contribution in [2.75, 3.05) is 5.32 Å². The second-order valence-corrected chi connectivity index (χ2v) is 5.12. The van der Waals surface area contributed by atoms with Crippen LogP contribution in [0.25, 0.3) is 0 Å². The lowest BCUT2D eigenvalue weighted by Gasteiger charge is -2.09. The van der Waals surface area contributed by atoms with Crippen LogP contribution < -0.4 is 10.6 Å². The van der Waals surface area contributed by atoms with Crippen LogP contribution in [0, 0.1) is 5.92 Å². The van der Waals surface area contributed by atoms with Crippen molar-refractivity contribution < 1.29 is 9.59 Å². The zero-order valence-electron chi connectivity index (χ0n) is 11.7. The fourth-order valence-electron chi connectivity index (χ4n) is 2.29. The minimum atomic E-state index is -0.0873. The van der Waals surface area contributed by atoms with Crippen LogP contribution in [0.15, 0.2) is 36.4 Å². The van der Waals surface area contributed by atoms with Gasteiger partial charge in [0.05, 0.1) is 0 Å². The molecule has 0 bridgehead atoms. The summed E-state index contributed by atoms with van der Waals surface area (Å²) in [5, 5.41) is 5.64. The molecule has 1 atom stereocenters. The van der Waals surface area contributed by atoms with Crippen molar-refractivity contribution >= 4 is 17.5 Å². The molecule has 1 aliphatic rings. The standard InChI is InChI=1S/C16H20N2O2/c1-12(19)18-15-8-6-14(7-9-15)11-17-16(20)10-13-4-2-3-5-13/h2,4,6-9,13H,3,5,10-11H2,1H3,(H,17,20)(H,18,19)/t13-/m0/s1. The summed E-state index contributed by atoms with van der Waals surface area (Å²) in [7, 11) is 0. The Morgan fingerprint density at radius 1 is 1.25 bits per heavy atom. The van der Waals surface area contributed by atoms with Crippen LogP contribution in [0.3, 0.4) is 0 Å². The molecule has 0 heterocycles. The largest absolute Gasteiger partial charge is 0.352 e. The number of hydrogen-bond donors (Lipinski definition) is 2. The molecule has 0 saturated heterocycles. The summed E-state index contributed by atoms with van der Waals surface area (Å²) in [5.41, 5.74) is 1.79. The quantitative estimate of drug-likeness (QED) is 0.809. The summed E-state index contributed by atoms with van der Waals surface area (Å²) >= 11 is 0. The fourth-order valence-corrected chi connectivity index (χ4v) is 2.29. The topological polar surface area (TPSA) is 58.2 Å². The van der Waals surface area contributed by atoms with Gasteiger partial charge >= 0.3 is 0 Å². The second-order valence-electron chi connectivity index (χ2n) is 5.12. The van der Waals surface area contributed by atoms with Gasteiger partial charge in [0, 0.05) is 25.6 Å². The molecule has 0 spiro atoms. The number of nitrogens with one attached hydrogen (secondary N) is 2. The maximum Gasteiger partial charge on any atom is 0.221 e. The molecule has 0 aromatic heterocycles. The lowest BCUT2D eigenvalue weighted by molar-refractivity contribution is -0.121. The highest BCUT2D eigenvalue weighted by molar-refractivity contribution is 5.88. The monoisotopic (exact) mass is 272 g/mol. The molecule has 0 fully saturated rings. The molecule has 2 N–H and O–H groups in total. The SMILES string of the molecule is CC(=O)Nc1ccc(CNC(=O)C[C@H]2C=CCC2)cc1. The van der Waals surface area contributed by atoms with Gasteiger partial charge in [0.15, 0.2) is 0 Å². The average Bonchev–Trinajstić information content (AvgIpc) is 2.90. The highest BCUT2D eigenvalue weighted by atomic mass is 16.2. The highest BCUT2D eigenvalue weighted by Crippen LogP contribution is 2.20. The number of benzene rings is 1. The van der Waals surface area contributed by atoms with Gasteiger partial charge in [0.25, 0.3) is 0 Å². The predicted octanol–water partition coefficient (Wildman–Crippen LogP) is 2.62. The highest BCUT2D eigenvalue weighted by Gasteiger charge is 2.13. The molecular weight excluding hydrogens is 252 g/mol. The first kappa shape index (κ1) is 14.3. The molecule has 20 heavy (non-hydrogen) atoms. The van der Waals surface area contributed by atoms with Crippen LogP contribution in [-0.2, 0) is 16.1 Å². The van der Waals surface area contributed by atoms with E-state index < -0.39 is 0 Å². The van der Waals surface area contributed by atoms with E-state index in [9.17, 15) is 9.59 Å². The minimum Gasteiger partial charge on any atom is -0.352 e. The average molecular weight is 272 g/mol. The van der Waals surface area contributed by atoms with E-state index in [2.05, 4.69) is 22.8 Å². The van der Waals surface area contributed by atoms with Crippen molar-refractivity contribution in [1.82, 2.24) is 5.32 Å². The molecule has 1 aromatic rings. The molecule has 4 nitrogen and oxygen atoms in total. The van der Waals surface area contributed by atoms with Crippen molar-refractivity contribution in [3.63, 3.8) is 0 Å². The van der Waals surface area contributed by atoms with Gasteiger partial charge in [-0.15, -0.1) is 0 Å². The summed E-state index contributed by atoms with van der Waals surface area (Å²) in [6.45, 7) is 2.00. The maximum absolute atomic E-state index is 11.8. The smallest absolute Gasteiger partial charge is 0.221 e. The Hall–Kier alpha value is -2.10. The Balaban J connectivity index is 1.76. The van der Waals surface area contributed by atoms with Crippen LogP contribution in [0.4, 0.5) is 5.69 Å². The summed E-state index contributed by atoms with van der Waals surface area (Å²) in [6.07, 6.45) is 7.00. The molecule has 1 aliphatic carbocycles. The second kappa shape index (κ2) is 6.89. The van der Waals surface area contributed by atoms with E-state index >= 15 is 0 Å². The van der Waals surface area contributed by atoms with Crippen LogP contribution in [0.2, 0.25) is 0 Å². The summed E-state index contributed by atoms with van der Waals surface area (Å²) < 4.78 is 0. The van der Waals surface area contributed by atoms with E-state index in [1.165, 1.54) is 6.92 Å². The van der Waals surface area contributed by atoms with E-state index in [1.54, 1.807) is 0 Å². The van der Waals surface area contributed by atoms with Crippen LogP contribution in [-0.4, -0.2) is 11.8 Å². The molecular formula is C16H20N2O2. The van der Waals surface area contributed by atoms with Gasteiger partial charge in [0.2, 0.25) is 11.8 Å². The molecule has 1 aromatic carbocycles. The Morgan fingerprint density at radius 3 is 2.60 bits per heavy atom. The number of allylic oxidation sites excluding steroid dienone is 2. The lowest BCUT2D eigenvalue weighted by atomic mass is 10.1. The summed E-state index contributed by atoms with van der Waals surface area (Å²) in [5.74, 6) is 0.403. The van der Waals surface area contributed by atoms with Crippen molar-refractivity contribution in [3.05, 3.63) is 42.0 Å². The van der Waals surface area contributed by atoms with E-state index in [1.807, 2.05) is 24.3 Å². The predicted molar refractivity (Wildman–Crippen MR) is 79.1 cm³/mol. The molecule has 106 valence electrons. The third kappa shape index (κ3) is 4.53. The van der Waals surface area contributed by atoms with Crippen molar-refractivity contribution in [1.29, 1.82) is 0 Å². The molecule has 0 aliphatic heterocycles. The van der Waals surface area contributed by atoms with Gasteiger partial charge in [-0.3, -0.25) is 9.59 Å². The normalized spacial score (nSPS) is 16.9. The number of carbonyl (C=O) groups excluding carboxylic acids is 2. The maximum atomic E-state index is 11.8. The van der Waals surface area contributed by atoms with Crippen molar-refractivity contribution in [3.8, 4) is 0 Å². The Kier molecular flexibility index (Phi) is 4.93. The Labute approximate surface area is 119 Å². The van der Waals surface area contributed by atoms with Gasteiger partial charge in [-0.05, 0) is 36.5 Å². The number of rotatable bonds is 5. The van der Waals surface area contributed by atoms with Gasteiger partial charge in [-0.1, -0.05) is 24.3 Å². The first-order chi connectivity index (χ1) is 9.63. The first-order valence-corrected chi connectivity index (χ1v) is 6.93. The van der Waals surface area contributed by atoms with Crippen molar-refractivity contribution in [2.24, 2.45) is 5.92 Å². The molecule has 2 amide bonds. The molecule has 2 rings (SSSR count). The lowest BCUT2D eigenvalue weighted by Crippen LogP contribution is -2.24. The van der Waals surface area contributed by atoms with Gasteiger partial charge < -0.3 is 10.6 Å². The first-order valence-electron chi connectivity index (χ1n) is 6.93. The Morgan fingerprint density at radius 2 is 2.00 bits per heavy atom. The number of anilines is 1.